The molecule has 5 nitrogen and oxygen atoms in total. The quantitative estimate of drug-likeness (QED) is 0.888. The standard InChI is InChI=1S/C16H19N3O2/c1-2-3-9-19-10-12-13(15(19)20)14(18-16(21)17-12)11-7-5-4-6-8-11/h4-8,14H,2-3,9-10H2,1H3,(H2,17,18,21). The molecule has 110 valence electrons. The van der Waals surface area contributed by atoms with Gasteiger partial charge in [-0.05, 0) is 12.0 Å². The zero-order valence-electron chi connectivity index (χ0n) is 12.1. The van der Waals surface area contributed by atoms with Crippen molar-refractivity contribution < 1.29 is 9.59 Å². The maximum absolute atomic E-state index is 12.6. The van der Waals surface area contributed by atoms with Gasteiger partial charge in [-0.1, -0.05) is 43.7 Å². The van der Waals surface area contributed by atoms with Gasteiger partial charge in [-0.15, -0.1) is 0 Å². The molecule has 3 amide bonds. The second-order valence-corrected chi connectivity index (χ2v) is 5.41. The van der Waals surface area contributed by atoms with Gasteiger partial charge >= 0.3 is 6.03 Å². The van der Waals surface area contributed by atoms with Crippen molar-refractivity contribution in [2.24, 2.45) is 0 Å². The van der Waals surface area contributed by atoms with Gasteiger partial charge in [0.1, 0.15) is 0 Å². The van der Waals surface area contributed by atoms with E-state index in [1.54, 1.807) is 0 Å². The van der Waals surface area contributed by atoms with Crippen molar-refractivity contribution in [2.75, 3.05) is 13.1 Å². The summed E-state index contributed by atoms with van der Waals surface area (Å²) < 4.78 is 0. The SMILES string of the molecule is CCCCN1CC2=C(C1=O)C(c1ccccc1)NC(=O)N2. The van der Waals surface area contributed by atoms with Crippen LogP contribution in [0.1, 0.15) is 31.4 Å². The first-order valence-electron chi connectivity index (χ1n) is 7.35. The summed E-state index contributed by atoms with van der Waals surface area (Å²) in [6.45, 7) is 3.34. The molecule has 0 saturated carbocycles. The molecule has 5 heteroatoms. The largest absolute Gasteiger partial charge is 0.333 e. The fourth-order valence-electron chi connectivity index (χ4n) is 2.85. The first-order chi connectivity index (χ1) is 10.2. The van der Waals surface area contributed by atoms with Gasteiger partial charge in [0.2, 0.25) is 0 Å². The van der Waals surface area contributed by atoms with E-state index >= 15 is 0 Å². The molecule has 0 aliphatic carbocycles. The van der Waals surface area contributed by atoms with Crippen LogP contribution in [-0.4, -0.2) is 29.9 Å². The molecule has 0 saturated heterocycles. The first-order valence-corrected chi connectivity index (χ1v) is 7.35. The smallest absolute Gasteiger partial charge is 0.319 e. The summed E-state index contributed by atoms with van der Waals surface area (Å²) in [6, 6.07) is 9.02. The Morgan fingerprint density at radius 3 is 2.71 bits per heavy atom. The molecule has 1 aromatic rings. The molecular weight excluding hydrogens is 266 g/mol. The van der Waals surface area contributed by atoms with Crippen LogP contribution in [0.2, 0.25) is 0 Å². The molecule has 21 heavy (non-hydrogen) atoms. The van der Waals surface area contributed by atoms with Crippen LogP contribution < -0.4 is 10.6 Å². The van der Waals surface area contributed by atoms with E-state index in [-0.39, 0.29) is 18.0 Å². The van der Waals surface area contributed by atoms with E-state index in [2.05, 4.69) is 17.6 Å². The second kappa shape index (κ2) is 5.60. The predicted octanol–water partition coefficient (Wildman–Crippen LogP) is 1.94. The Morgan fingerprint density at radius 1 is 1.24 bits per heavy atom. The van der Waals surface area contributed by atoms with Crippen LogP contribution in [0.5, 0.6) is 0 Å². The molecule has 2 heterocycles. The summed E-state index contributed by atoms with van der Waals surface area (Å²) in [5.74, 6) is 0.0276. The highest BCUT2D eigenvalue weighted by Crippen LogP contribution is 2.32. The van der Waals surface area contributed by atoms with E-state index < -0.39 is 0 Å². The van der Waals surface area contributed by atoms with Crippen LogP contribution in [0, 0.1) is 0 Å². The Kier molecular flexibility index (Phi) is 3.64. The van der Waals surface area contributed by atoms with Gasteiger partial charge in [-0.3, -0.25) is 4.79 Å². The summed E-state index contributed by atoms with van der Waals surface area (Å²) in [7, 11) is 0. The average molecular weight is 285 g/mol. The third-order valence-electron chi connectivity index (χ3n) is 3.93. The molecule has 0 radical (unpaired) electrons. The number of carbonyl (C=O) groups is 2. The number of benzene rings is 1. The Labute approximate surface area is 124 Å². The van der Waals surface area contributed by atoms with Gasteiger partial charge in [0, 0.05) is 6.54 Å². The van der Waals surface area contributed by atoms with E-state index in [4.69, 9.17) is 0 Å². The van der Waals surface area contributed by atoms with Crippen molar-refractivity contribution in [3.63, 3.8) is 0 Å². The zero-order chi connectivity index (χ0) is 14.8. The van der Waals surface area contributed by atoms with Gasteiger partial charge < -0.3 is 15.5 Å². The topological polar surface area (TPSA) is 61.4 Å². The fourth-order valence-corrected chi connectivity index (χ4v) is 2.85. The molecule has 1 unspecified atom stereocenters. The van der Waals surface area contributed by atoms with E-state index in [1.165, 1.54) is 0 Å². The minimum absolute atomic E-state index is 0.0276. The van der Waals surface area contributed by atoms with Gasteiger partial charge in [-0.2, -0.15) is 0 Å². The Hall–Kier alpha value is -2.30. The lowest BCUT2D eigenvalue weighted by Crippen LogP contribution is -2.44. The van der Waals surface area contributed by atoms with Gasteiger partial charge in [0.05, 0.1) is 23.9 Å². The number of nitrogens with zero attached hydrogens (tertiary/aromatic N) is 1. The second-order valence-electron chi connectivity index (χ2n) is 5.41. The third kappa shape index (κ3) is 2.51. The number of amides is 3. The summed E-state index contributed by atoms with van der Waals surface area (Å²) >= 11 is 0. The third-order valence-corrected chi connectivity index (χ3v) is 3.93. The molecule has 1 aromatic carbocycles. The van der Waals surface area contributed by atoms with Crippen molar-refractivity contribution in [1.82, 2.24) is 15.5 Å². The normalized spacial score (nSPS) is 21.2. The van der Waals surface area contributed by atoms with E-state index in [0.717, 1.165) is 30.6 Å². The van der Waals surface area contributed by atoms with Crippen LogP contribution in [0.3, 0.4) is 0 Å². The minimum Gasteiger partial charge on any atom is -0.333 e. The predicted molar refractivity (Wildman–Crippen MR) is 79.4 cm³/mol. The van der Waals surface area contributed by atoms with Gasteiger partial charge in [-0.25, -0.2) is 4.79 Å². The molecular formula is C16H19N3O2. The number of hydrogen-bond acceptors (Lipinski definition) is 2. The van der Waals surface area contributed by atoms with E-state index in [0.29, 0.717) is 12.1 Å². The van der Waals surface area contributed by atoms with Crippen molar-refractivity contribution in [2.45, 2.75) is 25.8 Å². The van der Waals surface area contributed by atoms with Crippen molar-refractivity contribution in [1.29, 1.82) is 0 Å². The van der Waals surface area contributed by atoms with Gasteiger partial charge in [0.15, 0.2) is 0 Å². The molecule has 2 aliphatic heterocycles. The average Bonchev–Trinajstić information content (AvgIpc) is 2.81. The van der Waals surface area contributed by atoms with Crippen molar-refractivity contribution in [3.8, 4) is 0 Å². The van der Waals surface area contributed by atoms with Crippen LogP contribution in [0.15, 0.2) is 41.6 Å². The van der Waals surface area contributed by atoms with Crippen molar-refractivity contribution in [3.05, 3.63) is 47.2 Å². The minimum atomic E-state index is -0.353. The summed E-state index contributed by atoms with van der Waals surface area (Å²) in [6.07, 6.45) is 2.02. The fraction of sp³-hybridized carbons (Fsp3) is 0.375. The summed E-state index contributed by atoms with van der Waals surface area (Å²) in [5, 5.41) is 5.64. The summed E-state index contributed by atoms with van der Waals surface area (Å²) in [5.41, 5.74) is 2.36. The Morgan fingerprint density at radius 2 is 2.00 bits per heavy atom. The lowest BCUT2D eigenvalue weighted by Gasteiger charge is -2.25. The van der Waals surface area contributed by atoms with Crippen LogP contribution in [0.25, 0.3) is 0 Å². The molecule has 3 rings (SSSR count). The first kappa shape index (κ1) is 13.7. The molecule has 2 aliphatic rings. The molecule has 1 atom stereocenters. The summed E-state index contributed by atoms with van der Waals surface area (Å²) in [4.78, 5) is 26.3. The molecule has 2 N–H and O–H groups in total. The highest BCUT2D eigenvalue weighted by atomic mass is 16.2. The number of carbonyl (C=O) groups excluding carboxylic acids is 2. The van der Waals surface area contributed by atoms with E-state index in [1.807, 2.05) is 35.2 Å². The van der Waals surface area contributed by atoms with E-state index in [9.17, 15) is 9.59 Å². The Balaban J connectivity index is 1.90. The van der Waals surface area contributed by atoms with Crippen molar-refractivity contribution >= 4 is 11.9 Å². The maximum atomic E-state index is 12.6. The van der Waals surface area contributed by atoms with Crippen LogP contribution >= 0.6 is 0 Å². The van der Waals surface area contributed by atoms with Crippen LogP contribution in [-0.2, 0) is 4.79 Å². The Bertz CT molecular complexity index is 595. The number of hydrogen-bond donors (Lipinski definition) is 2. The monoisotopic (exact) mass is 285 g/mol. The molecule has 0 aromatic heterocycles. The lowest BCUT2D eigenvalue weighted by molar-refractivity contribution is -0.125. The highest BCUT2D eigenvalue weighted by Gasteiger charge is 2.39. The maximum Gasteiger partial charge on any atom is 0.319 e. The highest BCUT2D eigenvalue weighted by molar-refractivity contribution is 6.01. The number of rotatable bonds is 4. The zero-order valence-corrected chi connectivity index (χ0v) is 12.1. The lowest BCUT2D eigenvalue weighted by atomic mass is 9.96. The van der Waals surface area contributed by atoms with Gasteiger partial charge in [0.25, 0.3) is 5.91 Å². The molecule has 0 fully saturated rings. The number of unbranched alkanes of at least 4 members (excludes halogenated alkanes) is 1. The molecule has 0 bridgehead atoms. The van der Waals surface area contributed by atoms with Crippen LogP contribution in [0.4, 0.5) is 4.79 Å². The molecule has 0 spiro atoms. The number of nitrogens with one attached hydrogen (secondary N) is 2. The number of urea groups is 1.